The number of hydrogen-bond acceptors (Lipinski definition) is 2. The Morgan fingerprint density at radius 2 is 2.18 bits per heavy atom. The zero-order valence-electron chi connectivity index (χ0n) is 9.68. The van der Waals surface area contributed by atoms with E-state index in [1.54, 1.807) is 6.07 Å². The molecular formula is C13H15NO3. The Morgan fingerprint density at radius 1 is 1.41 bits per heavy atom. The van der Waals surface area contributed by atoms with Gasteiger partial charge in [-0.25, -0.2) is 4.79 Å². The largest absolute Gasteiger partial charge is 0.478 e. The molecule has 0 saturated carbocycles. The smallest absolute Gasteiger partial charge is 0.337 e. The van der Waals surface area contributed by atoms with Gasteiger partial charge in [-0.3, -0.25) is 0 Å². The average molecular weight is 233 g/mol. The summed E-state index contributed by atoms with van der Waals surface area (Å²) >= 11 is 0. The number of fused-ring (bicyclic) bond motifs is 1. The predicted octanol–water partition coefficient (Wildman–Crippen LogP) is 2.03. The van der Waals surface area contributed by atoms with Crippen LogP contribution in [0.1, 0.15) is 22.3 Å². The van der Waals surface area contributed by atoms with Gasteiger partial charge in [0, 0.05) is 24.7 Å². The molecule has 2 N–H and O–H groups in total. The van der Waals surface area contributed by atoms with Crippen molar-refractivity contribution in [1.29, 1.82) is 0 Å². The number of carboxylic acids is 1. The van der Waals surface area contributed by atoms with Gasteiger partial charge in [-0.1, -0.05) is 0 Å². The van der Waals surface area contributed by atoms with E-state index in [0.29, 0.717) is 18.5 Å². The van der Waals surface area contributed by atoms with Crippen LogP contribution in [0, 0.1) is 6.92 Å². The fourth-order valence-electron chi connectivity index (χ4n) is 2.09. The van der Waals surface area contributed by atoms with Gasteiger partial charge in [-0.05, 0) is 37.1 Å². The molecular weight excluding hydrogens is 218 g/mol. The summed E-state index contributed by atoms with van der Waals surface area (Å²) in [6, 6.07) is 5.56. The van der Waals surface area contributed by atoms with Crippen molar-refractivity contribution < 1.29 is 15.0 Å². The van der Waals surface area contributed by atoms with Crippen LogP contribution in [0.5, 0.6) is 0 Å². The Kier molecular flexibility index (Phi) is 3.15. The van der Waals surface area contributed by atoms with Crippen molar-refractivity contribution in [2.24, 2.45) is 0 Å². The van der Waals surface area contributed by atoms with Gasteiger partial charge in [0.15, 0.2) is 0 Å². The second kappa shape index (κ2) is 4.59. The summed E-state index contributed by atoms with van der Waals surface area (Å²) in [5.41, 5.74) is 1.99. The molecule has 0 saturated heterocycles. The van der Waals surface area contributed by atoms with Crippen LogP contribution in [-0.2, 0) is 6.54 Å². The highest BCUT2D eigenvalue weighted by atomic mass is 16.4. The molecule has 0 aliphatic rings. The molecule has 2 aromatic rings. The van der Waals surface area contributed by atoms with Crippen molar-refractivity contribution in [3.05, 3.63) is 35.5 Å². The lowest BCUT2D eigenvalue weighted by molar-refractivity contribution is 0.0698. The summed E-state index contributed by atoms with van der Waals surface area (Å²) in [7, 11) is 0. The molecule has 0 unspecified atom stereocenters. The predicted molar refractivity (Wildman–Crippen MR) is 65.3 cm³/mol. The third-order valence-corrected chi connectivity index (χ3v) is 2.79. The number of nitrogens with zero attached hydrogens (tertiary/aromatic N) is 1. The minimum absolute atomic E-state index is 0.105. The first-order valence-electron chi connectivity index (χ1n) is 5.57. The molecule has 0 amide bonds. The number of benzene rings is 1. The maximum absolute atomic E-state index is 11.2. The third kappa shape index (κ3) is 2.17. The molecule has 4 nitrogen and oxygen atoms in total. The second-order valence-electron chi connectivity index (χ2n) is 4.14. The summed E-state index contributed by atoms with van der Waals surface area (Å²) in [6.45, 7) is 2.62. The zero-order chi connectivity index (χ0) is 12.4. The van der Waals surface area contributed by atoms with Gasteiger partial charge in [0.1, 0.15) is 0 Å². The number of carbonyl (C=O) groups is 1. The molecule has 17 heavy (non-hydrogen) atoms. The van der Waals surface area contributed by atoms with Crippen LogP contribution in [-0.4, -0.2) is 27.4 Å². The summed E-state index contributed by atoms with van der Waals surface area (Å²) in [5.74, 6) is -0.914. The van der Waals surface area contributed by atoms with Crippen LogP contribution < -0.4 is 0 Å². The summed E-state index contributed by atoms with van der Waals surface area (Å²) < 4.78 is 1.88. The summed E-state index contributed by atoms with van der Waals surface area (Å²) in [5, 5.41) is 19.0. The first-order valence-corrected chi connectivity index (χ1v) is 5.57. The lowest BCUT2D eigenvalue weighted by Gasteiger charge is -2.07. The SMILES string of the molecule is Cc1cc(C(=O)O)c2c(ccn2CCCO)c1. The van der Waals surface area contributed by atoms with Gasteiger partial charge >= 0.3 is 5.97 Å². The number of aliphatic hydroxyl groups excluding tert-OH is 1. The molecule has 0 spiro atoms. The van der Waals surface area contributed by atoms with Crippen LogP contribution in [0.4, 0.5) is 0 Å². The highest BCUT2D eigenvalue weighted by Crippen LogP contribution is 2.23. The maximum atomic E-state index is 11.2. The Hall–Kier alpha value is -1.81. The Labute approximate surface area is 99.1 Å². The van der Waals surface area contributed by atoms with Crippen LogP contribution in [0.2, 0.25) is 0 Å². The van der Waals surface area contributed by atoms with Crippen LogP contribution >= 0.6 is 0 Å². The van der Waals surface area contributed by atoms with E-state index in [9.17, 15) is 9.90 Å². The maximum Gasteiger partial charge on any atom is 0.337 e. The normalized spacial score (nSPS) is 10.9. The minimum Gasteiger partial charge on any atom is -0.478 e. The van der Waals surface area contributed by atoms with Crippen molar-refractivity contribution in [2.45, 2.75) is 19.9 Å². The van der Waals surface area contributed by atoms with Crippen LogP contribution in [0.25, 0.3) is 10.9 Å². The molecule has 1 heterocycles. The molecule has 0 fully saturated rings. The summed E-state index contributed by atoms with van der Waals surface area (Å²) in [4.78, 5) is 11.2. The molecule has 2 rings (SSSR count). The van der Waals surface area contributed by atoms with Gasteiger partial charge < -0.3 is 14.8 Å². The highest BCUT2D eigenvalue weighted by Gasteiger charge is 2.13. The van der Waals surface area contributed by atoms with Crippen molar-refractivity contribution in [3.8, 4) is 0 Å². The number of aromatic nitrogens is 1. The zero-order valence-corrected chi connectivity index (χ0v) is 9.68. The quantitative estimate of drug-likeness (QED) is 0.849. The van der Waals surface area contributed by atoms with E-state index in [1.807, 2.05) is 29.8 Å². The minimum atomic E-state index is -0.914. The second-order valence-corrected chi connectivity index (χ2v) is 4.14. The van der Waals surface area contributed by atoms with E-state index in [4.69, 9.17) is 5.11 Å². The van der Waals surface area contributed by atoms with Gasteiger partial charge in [-0.15, -0.1) is 0 Å². The van der Waals surface area contributed by atoms with Crippen molar-refractivity contribution in [3.63, 3.8) is 0 Å². The van der Waals surface area contributed by atoms with Gasteiger partial charge in [-0.2, -0.15) is 0 Å². The molecule has 0 bridgehead atoms. The van der Waals surface area contributed by atoms with E-state index in [0.717, 1.165) is 16.5 Å². The standard InChI is InChI=1S/C13H15NO3/c1-9-7-10-3-5-14(4-2-6-15)12(10)11(8-9)13(16)17/h3,5,7-8,15H,2,4,6H2,1H3,(H,16,17). The van der Waals surface area contributed by atoms with E-state index in [2.05, 4.69) is 0 Å². The highest BCUT2D eigenvalue weighted by molar-refractivity contribution is 6.02. The first-order chi connectivity index (χ1) is 8.13. The molecule has 0 aliphatic carbocycles. The van der Waals surface area contributed by atoms with Crippen LogP contribution in [0.15, 0.2) is 24.4 Å². The fourth-order valence-corrected chi connectivity index (χ4v) is 2.09. The Morgan fingerprint density at radius 3 is 2.82 bits per heavy atom. The molecule has 4 heteroatoms. The van der Waals surface area contributed by atoms with Crippen molar-refractivity contribution in [2.75, 3.05) is 6.61 Å². The topological polar surface area (TPSA) is 62.5 Å². The Balaban J connectivity index is 2.60. The lowest BCUT2D eigenvalue weighted by atomic mass is 10.1. The summed E-state index contributed by atoms with van der Waals surface area (Å²) in [6.07, 6.45) is 2.49. The molecule has 1 aromatic heterocycles. The molecule has 90 valence electrons. The molecule has 0 aliphatic heterocycles. The average Bonchev–Trinajstić information content (AvgIpc) is 2.68. The van der Waals surface area contributed by atoms with Crippen molar-refractivity contribution >= 4 is 16.9 Å². The molecule has 0 atom stereocenters. The van der Waals surface area contributed by atoms with E-state index in [1.165, 1.54) is 0 Å². The molecule has 1 aromatic carbocycles. The Bertz CT molecular complexity index is 557. The van der Waals surface area contributed by atoms with E-state index >= 15 is 0 Å². The fraction of sp³-hybridized carbons (Fsp3) is 0.308. The number of rotatable bonds is 4. The number of aromatic carboxylic acids is 1. The van der Waals surface area contributed by atoms with Gasteiger partial charge in [0.2, 0.25) is 0 Å². The number of aliphatic hydroxyl groups is 1. The van der Waals surface area contributed by atoms with E-state index in [-0.39, 0.29) is 6.61 Å². The monoisotopic (exact) mass is 233 g/mol. The number of aryl methyl sites for hydroxylation is 2. The van der Waals surface area contributed by atoms with Gasteiger partial charge in [0.05, 0.1) is 11.1 Å². The first kappa shape index (κ1) is 11.7. The van der Waals surface area contributed by atoms with E-state index < -0.39 is 5.97 Å². The van der Waals surface area contributed by atoms with Gasteiger partial charge in [0.25, 0.3) is 0 Å². The number of hydrogen-bond donors (Lipinski definition) is 2. The van der Waals surface area contributed by atoms with Crippen molar-refractivity contribution in [1.82, 2.24) is 4.57 Å². The third-order valence-electron chi connectivity index (χ3n) is 2.79. The number of carboxylic acid groups (broad SMARTS) is 1. The molecule has 0 radical (unpaired) electrons. The lowest BCUT2D eigenvalue weighted by Crippen LogP contribution is -2.04. The van der Waals surface area contributed by atoms with Crippen LogP contribution in [0.3, 0.4) is 0 Å².